The van der Waals surface area contributed by atoms with Crippen molar-refractivity contribution in [3.63, 3.8) is 0 Å². The minimum absolute atomic E-state index is 0.0539. The highest BCUT2D eigenvalue weighted by atomic mass is 16.6. The molecule has 5 heteroatoms. The van der Waals surface area contributed by atoms with Gasteiger partial charge >= 0.3 is 11.9 Å². The summed E-state index contributed by atoms with van der Waals surface area (Å²) in [6.45, 7) is 5.26. The lowest BCUT2D eigenvalue weighted by atomic mass is 9.55. The van der Waals surface area contributed by atoms with Crippen LogP contribution in [0.1, 0.15) is 69.9 Å². The van der Waals surface area contributed by atoms with E-state index in [4.69, 9.17) is 14.2 Å². The molecule has 1 aromatic rings. The SMILES string of the molecule is COc1cc2c(cc1OC(C)=O)CCC1C2CCC2(C)C(OC(C)=O)CCC12. The molecule has 5 atom stereocenters. The topological polar surface area (TPSA) is 61.8 Å². The Morgan fingerprint density at radius 2 is 1.82 bits per heavy atom. The maximum atomic E-state index is 11.6. The minimum atomic E-state index is -0.331. The summed E-state index contributed by atoms with van der Waals surface area (Å²) in [6.07, 6.45) is 6.45. The molecule has 2 saturated carbocycles. The standard InChI is InChI=1S/C23H30O5/c1-13(24)27-21-11-15-5-6-17-16(18(15)12-20(21)26-4)9-10-23(3)19(17)7-8-22(23)28-14(2)25/h11-12,16-17,19,22H,5-10H2,1-4H3. The van der Waals surface area contributed by atoms with Crippen LogP contribution in [0.2, 0.25) is 0 Å². The van der Waals surface area contributed by atoms with Crippen molar-refractivity contribution in [2.24, 2.45) is 17.3 Å². The van der Waals surface area contributed by atoms with Gasteiger partial charge in [0.1, 0.15) is 6.10 Å². The van der Waals surface area contributed by atoms with E-state index in [0.29, 0.717) is 29.3 Å². The fraction of sp³-hybridized carbons (Fsp3) is 0.652. The monoisotopic (exact) mass is 386 g/mol. The minimum Gasteiger partial charge on any atom is -0.493 e. The molecule has 0 amide bonds. The summed E-state index contributed by atoms with van der Waals surface area (Å²) in [6, 6.07) is 4.08. The average Bonchev–Trinajstić information content (AvgIpc) is 2.96. The van der Waals surface area contributed by atoms with Crippen molar-refractivity contribution in [2.45, 2.75) is 71.3 Å². The lowest BCUT2D eigenvalue weighted by Crippen LogP contribution is -2.45. The molecule has 0 saturated heterocycles. The quantitative estimate of drug-likeness (QED) is 0.569. The van der Waals surface area contributed by atoms with Gasteiger partial charge in [-0.05, 0) is 79.5 Å². The van der Waals surface area contributed by atoms with Crippen LogP contribution in [-0.4, -0.2) is 25.2 Å². The summed E-state index contributed by atoms with van der Waals surface area (Å²) in [4.78, 5) is 23.0. The second-order valence-electron chi connectivity index (χ2n) is 8.93. The zero-order valence-electron chi connectivity index (χ0n) is 17.2. The molecule has 152 valence electrons. The third kappa shape index (κ3) is 3.09. The van der Waals surface area contributed by atoms with Gasteiger partial charge in [0, 0.05) is 19.3 Å². The molecule has 0 N–H and O–H groups in total. The number of ether oxygens (including phenoxy) is 3. The van der Waals surface area contributed by atoms with Crippen molar-refractivity contribution in [3.05, 3.63) is 23.3 Å². The molecule has 0 aromatic heterocycles. The van der Waals surface area contributed by atoms with Gasteiger partial charge in [-0.15, -0.1) is 0 Å². The first-order chi connectivity index (χ1) is 13.3. The third-order valence-electron chi connectivity index (χ3n) is 7.48. The van der Waals surface area contributed by atoms with Crippen molar-refractivity contribution < 1.29 is 23.8 Å². The van der Waals surface area contributed by atoms with Crippen LogP contribution < -0.4 is 9.47 Å². The zero-order valence-corrected chi connectivity index (χ0v) is 17.2. The first-order valence-electron chi connectivity index (χ1n) is 10.4. The predicted octanol–water partition coefficient (Wildman–Crippen LogP) is 4.41. The number of esters is 2. The number of carbonyl (C=O) groups excluding carboxylic acids is 2. The molecule has 1 aromatic carbocycles. The smallest absolute Gasteiger partial charge is 0.308 e. The van der Waals surface area contributed by atoms with E-state index in [9.17, 15) is 9.59 Å². The van der Waals surface area contributed by atoms with E-state index in [1.54, 1.807) is 7.11 Å². The number of hydrogen-bond acceptors (Lipinski definition) is 5. The summed E-state index contributed by atoms with van der Waals surface area (Å²) in [5.41, 5.74) is 2.71. The molecular weight excluding hydrogens is 356 g/mol. The fourth-order valence-electron chi connectivity index (χ4n) is 6.32. The number of rotatable bonds is 3. The first kappa shape index (κ1) is 19.3. The first-order valence-corrected chi connectivity index (χ1v) is 10.4. The molecule has 4 rings (SSSR count). The molecule has 0 bridgehead atoms. The third-order valence-corrected chi connectivity index (χ3v) is 7.48. The molecule has 3 aliphatic rings. The van der Waals surface area contributed by atoms with Gasteiger partial charge in [0.2, 0.25) is 0 Å². The number of aryl methyl sites for hydroxylation is 1. The van der Waals surface area contributed by atoms with E-state index < -0.39 is 0 Å². The number of methoxy groups -OCH3 is 1. The fourth-order valence-corrected chi connectivity index (χ4v) is 6.32. The molecule has 3 aliphatic carbocycles. The van der Waals surface area contributed by atoms with Crippen LogP contribution in [-0.2, 0) is 20.7 Å². The lowest BCUT2D eigenvalue weighted by Gasteiger charge is -2.50. The Morgan fingerprint density at radius 1 is 1.04 bits per heavy atom. The van der Waals surface area contributed by atoms with Crippen molar-refractivity contribution in [1.82, 2.24) is 0 Å². The maximum Gasteiger partial charge on any atom is 0.308 e. The predicted molar refractivity (Wildman–Crippen MR) is 104 cm³/mol. The maximum absolute atomic E-state index is 11.6. The van der Waals surface area contributed by atoms with Crippen LogP contribution in [0.5, 0.6) is 11.5 Å². The Morgan fingerprint density at radius 3 is 2.50 bits per heavy atom. The highest BCUT2D eigenvalue weighted by Crippen LogP contribution is 2.62. The van der Waals surface area contributed by atoms with E-state index in [-0.39, 0.29) is 23.5 Å². The van der Waals surface area contributed by atoms with E-state index in [2.05, 4.69) is 13.0 Å². The molecule has 5 unspecified atom stereocenters. The lowest BCUT2D eigenvalue weighted by molar-refractivity contribution is -0.154. The highest BCUT2D eigenvalue weighted by Gasteiger charge is 2.56. The van der Waals surface area contributed by atoms with E-state index in [1.165, 1.54) is 25.0 Å². The van der Waals surface area contributed by atoms with Crippen LogP contribution in [0.15, 0.2) is 12.1 Å². The second-order valence-corrected chi connectivity index (χ2v) is 8.93. The summed E-state index contributed by atoms with van der Waals surface area (Å²) in [5, 5.41) is 0. The van der Waals surface area contributed by atoms with Crippen molar-refractivity contribution in [2.75, 3.05) is 7.11 Å². The van der Waals surface area contributed by atoms with E-state index in [0.717, 1.165) is 38.5 Å². The van der Waals surface area contributed by atoms with Crippen LogP contribution in [0.4, 0.5) is 0 Å². The van der Waals surface area contributed by atoms with E-state index >= 15 is 0 Å². The number of carbonyl (C=O) groups is 2. The normalized spacial score (nSPS) is 33.3. The molecule has 0 aliphatic heterocycles. The van der Waals surface area contributed by atoms with Crippen LogP contribution >= 0.6 is 0 Å². The number of fused-ring (bicyclic) bond motifs is 5. The second kappa shape index (κ2) is 7.09. The number of hydrogen-bond donors (Lipinski definition) is 0. The Balaban J connectivity index is 1.64. The molecular formula is C23H30O5. The van der Waals surface area contributed by atoms with Gasteiger partial charge in [-0.25, -0.2) is 0 Å². The van der Waals surface area contributed by atoms with Gasteiger partial charge < -0.3 is 14.2 Å². The van der Waals surface area contributed by atoms with Crippen LogP contribution in [0, 0.1) is 17.3 Å². The van der Waals surface area contributed by atoms with Crippen molar-refractivity contribution in [3.8, 4) is 11.5 Å². The Hall–Kier alpha value is -2.04. The molecule has 2 fully saturated rings. The van der Waals surface area contributed by atoms with Gasteiger partial charge in [0.25, 0.3) is 0 Å². The average molecular weight is 386 g/mol. The van der Waals surface area contributed by atoms with Crippen LogP contribution in [0.3, 0.4) is 0 Å². The highest BCUT2D eigenvalue weighted by molar-refractivity contribution is 5.71. The summed E-state index contributed by atoms with van der Waals surface area (Å²) in [7, 11) is 1.62. The van der Waals surface area contributed by atoms with Gasteiger partial charge in [0.05, 0.1) is 7.11 Å². The Kier molecular flexibility index (Phi) is 4.88. The van der Waals surface area contributed by atoms with Gasteiger partial charge in [0.15, 0.2) is 11.5 Å². The summed E-state index contributed by atoms with van der Waals surface area (Å²) < 4.78 is 16.6. The van der Waals surface area contributed by atoms with Gasteiger partial charge in [-0.3, -0.25) is 9.59 Å². The van der Waals surface area contributed by atoms with Crippen molar-refractivity contribution >= 4 is 11.9 Å². The Bertz CT molecular complexity index is 800. The molecule has 0 spiro atoms. The molecule has 0 heterocycles. The molecule has 0 radical (unpaired) electrons. The largest absolute Gasteiger partial charge is 0.493 e. The summed E-state index contributed by atoms with van der Waals surface area (Å²) in [5.74, 6) is 2.35. The Labute approximate surface area is 166 Å². The van der Waals surface area contributed by atoms with Crippen LogP contribution in [0.25, 0.3) is 0 Å². The molecule has 5 nitrogen and oxygen atoms in total. The van der Waals surface area contributed by atoms with Crippen molar-refractivity contribution in [1.29, 1.82) is 0 Å². The zero-order chi connectivity index (χ0) is 20.1. The molecule has 28 heavy (non-hydrogen) atoms. The number of benzene rings is 1. The van der Waals surface area contributed by atoms with Gasteiger partial charge in [-0.1, -0.05) is 6.92 Å². The van der Waals surface area contributed by atoms with Gasteiger partial charge in [-0.2, -0.15) is 0 Å². The summed E-state index contributed by atoms with van der Waals surface area (Å²) >= 11 is 0. The van der Waals surface area contributed by atoms with E-state index in [1.807, 2.05) is 6.07 Å².